The summed E-state index contributed by atoms with van der Waals surface area (Å²) in [6, 6.07) is -2.39. The Balaban J connectivity index is 2.63. The van der Waals surface area contributed by atoms with E-state index in [1.807, 2.05) is 0 Å². The van der Waals surface area contributed by atoms with Gasteiger partial charge in [-0.05, 0) is 82.6 Å². The van der Waals surface area contributed by atoms with Crippen LogP contribution in [0.2, 0.25) is 0 Å². The Morgan fingerprint density at radius 2 is 1.14 bits per heavy atom. The van der Waals surface area contributed by atoms with E-state index in [2.05, 4.69) is 54.8 Å². The van der Waals surface area contributed by atoms with E-state index in [4.69, 9.17) is 22.9 Å². The minimum atomic E-state index is -1.59. The Labute approximate surface area is 422 Å². The van der Waals surface area contributed by atoms with Crippen molar-refractivity contribution in [3.63, 3.8) is 0 Å². The Morgan fingerprint density at radius 3 is 1.67 bits per heavy atom. The molecule has 0 bridgehead atoms. The fraction of sp³-hybridized carbons (Fsp3) is 0.688. The minimum Gasteiger partial charge on any atom is -0.394 e. The van der Waals surface area contributed by atoms with E-state index in [1.54, 1.807) is 44.2 Å². The first-order valence-corrected chi connectivity index (χ1v) is 25.2. The molecule has 0 spiro atoms. The third-order valence-electron chi connectivity index (χ3n) is 11.9. The van der Waals surface area contributed by atoms with Crippen LogP contribution in [0.1, 0.15) is 110 Å². The number of unbranched alkanes of at least 4 members (excludes halogenated alkanes) is 4. The van der Waals surface area contributed by atoms with Crippen molar-refractivity contribution in [1.82, 2.24) is 47.9 Å². The summed E-state index contributed by atoms with van der Waals surface area (Å²) in [6.45, 7) is 4.03. The van der Waals surface area contributed by atoms with Gasteiger partial charge >= 0.3 is 0 Å². The van der Waals surface area contributed by atoms with Gasteiger partial charge in [-0.3, -0.25) is 43.2 Å². The average Bonchev–Trinajstić information content (AvgIpc) is 3.33. The molecule has 1 aromatic rings. The molecule has 0 aliphatic carbocycles. The number of nitrogens with two attached hydrogens (primary N) is 4. The fourth-order valence-corrected chi connectivity index (χ4v) is 7.89. The molecule has 1 heterocycles. The second-order valence-corrected chi connectivity index (χ2v) is 18.5. The largest absolute Gasteiger partial charge is 0.394 e. The lowest BCUT2D eigenvalue weighted by Crippen LogP contribution is -2.61. The van der Waals surface area contributed by atoms with Gasteiger partial charge in [0.05, 0.1) is 19.1 Å². The summed E-state index contributed by atoms with van der Waals surface area (Å²) in [6.07, 6.45) is 3.05. The van der Waals surface area contributed by atoms with Gasteiger partial charge in [0.2, 0.25) is 53.2 Å². The molecule has 0 unspecified atom stereocenters. The lowest BCUT2D eigenvalue weighted by molar-refractivity contribution is -0.136. The van der Waals surface area contributed by atoms with Crippen molar-refractivity contribution in [3.05, 3.63) is 35.9 Å². The molecular weight excluding hydrogens is 935 g/mol. The highest BCUT2D eigenvalue weighted by Gasteiger charge is 2.35. The number of aliphatic hydroxyl groups excluding tert-OH is 2. The van der Waals surface area contributed by atoms with Crippen LogP contribution < -0.4 is 70.8 Å². The molecule has 24 nitrogen and oxygen atoms in total. The van der Waals surface area contributed by atoms with E-state index >= 15 is 0 Å². The summed E-state index contributed by atoms with van der Waals surface area (Å²) >= 11 is 0. The minimum absolute atomic E-state index is 0.0665. The van der Waals surface area contributed by atoms with Crippen LogP contribution in [0, 0.1) is 5.92 Å². The summed E-state index contributed by atoms with van der Waals surface area (Å²) in [5, 5.41) is 44.0. The molecule has 1 aromatic carbocycles. The first kappa shape index (κ1) is 62.3. The quantitative estimate of drug-likeness (QED) is 0.0441. The first-order chi connectivity index (χ1) is 34.4. The van der Waals surface area contributed by atoms with E-state index in [0.29, 0.717) is 18.4 Å². The van der Waals surface area contributed by atoms with Crippen LogP contribution in [0.5, 0.6) is 0 Å². The van der Waals surface area contributed by atoms with Crippen LogP contribution in [0.15, 0.2) is 30.3 Å². The SMILES string of the molecule is CCCCCCC[C@@H](O)CC(=O)N[C@H](CCN)C(=O)N[C@H]1CCNC(=O)[C@H](CO)NC(=O)[C@H](CCN)NC(=O)[C@H](CCN)NC(=O)[C@H](CC(C)C)NC(=O)[C@@H](Cc2ccccc2)NC(=O)[C@H](CCN)NC1=O. The molecule has 0 radical (unpaired) electrons. The molecule has 1 aliphatic heterocycles. The van der Waals surface area contributed by atoms with Gasteiger partial charge in [-0.1, -0.05) is 83.2 Å². The van der Waals surface area contributed by atoms with Gasteiger partial charge in [0.15, 0.2) is 0 Å². The van der Waals surface area contributed by atoms with Crippen molar-refractivity contribution in [1.29, 1.82) is 0 Å². The van der Waals surface area contributed by atoms with Crippen LogP contribution in [0.25, 0.3) is 0 Å². The highest BCUT2D eigenvalue weighted by atomic mass is 16.3. The normalized spacial score (nSPS) is 23.2. The third-order valence-corrected chi connectivity index (χ3v) is 11.9. The summed E-state index contributed by atoms with van der Waals surface area (Å²) in [5.74, 6) is -7.66. The number of amides is 9. The lowest BCUT2D eigenvalue weighted by atomic mass is 10.00. The van der Waals surface area contributed by atoms with Crippen molar-refractivity contribution in [2.75, 3.05) is 39.3 Å². The molecule has 1 aliphatic rings. The van der Waals surface area contributed by atoms with E-state index in [1.165, 1.54) is 0 Å². The number of hydrogen-bond donors (Lipinski definition) is 15. The summed E-state index contributed by atoms with van der Waals surface area (Å²) in [7, 11) is 0. The number of rotatable bonds is 24. The Morgan fingerprint density at radius 1 is 0.639 bits per heavy atom. The number of carbonyl (C=O) groups is 9. The second-order valence-electron chi connectivity index (χ2n) is 18.5. The predicted molar refractivity (Wildman–Crippen MR) is 268 cm³/mol. The summed E-state index contributed by atoms with van der Waals surface area (Å²) in [4.78, 5) is 125. The van der Waals surface area contributed by atoms with Crippen LogP contribution in [0.3, 0.4) is 0 Å². The van der Waals surface area contributed by atoms with Crippen LogP contribution in [0.4, 0.5) is 0 Å². The molecule has 406 valence electrons. The smallest absolute Gasteiger partial charge is 0.244 e. The maximum atomic E-state index is 14.3. The second kappa shape index (κ2) is 34.6. The number of carbonyl (C=O) groups excluding carboxylic acids is 9. The van der Waals surface area contributed by atoms with Crippen molar-refractivity contribution in [2.45, 2.75) is 165 Å². The van der Waals surface area contributed by atoms with Crippen molar-refractivity contribution in [3.8, 4) is 0 Å². The maximum Gasteiger partial charge on any atom is 0.244 e. The van der Waals surface area contributed by atoms with Crippen LogP contribution in [-0.4, -0.2) is 157 Å². The zero-order valence-corrected chi connectivity index (χ0v) is 42.2. The third kappa shape index (κ3) is 23.2. The van der Waals surface area contributed by atoms with E-state index in [-0.39, 0.29) is 90.0 Å². The van der Waals surface area contributed by atoms with Gasteiger partial charge in [0.1, 0.15) is 48.3 Å². The number of hydrogen-bond acceptors (Lipinski definition) is 15. The summed E-state index contributed by atoms with van der Waals surface area (Å²) < 4.78 is 0. The van der Waals surface area contributed by atoms with Gasteiger partial charge in [0.25, 0.3) is 0 Å². The van der Waals surface area contributed by atoms with Gasteiger partial charge in [-0.15, -0.1) is 0 Å². The zero-order valence-electron chi connectivity index (χ0n) is 42.2. The highest BCUT2D eigenvalue weighted by molar-refractivity contribution is 5.98. The maximum absolute atomic E-state index is 14.3. The Hall–Kier alpha value is -5.79. The number of aliphatic hydroxyl groups is 2. The fourth-order valence-electron chi connectivity index (χ4n) is 7.89. The molecule has 1 saturated heterocycles. The van der Waals surface area contributed by atoms with Gasteiger partial charge in [0, 0.05) is 13.0 Å². The van der Waals surface area contributed by atoms with Gasteiger partial charge in [-0.2, -0.15) is 0 Å². The molecule has 2 rings (SSSR count). The van der Waals surface area contributed by atoms with Crippen LogP contribution >= 0.6 is 0 Å². The van der Waals surface area contributed by atoms with Gasteiger partial charge < -0.3 is 81.0 Å². The molecule has 19 N–H and O–H groups in total. The number of nitrogens with one attached hydrogen (secondary N) is 9. The lowest BCUT2D eigenvalue weighted by Gasteiger charge is -2.28. The van der Waals surface area contributed by atoms with Crippen molar-refractivity contribution >= 4 is 53.2 Å². The molecular formula is C48H83N13O11. The predicted octanol–water partition coefficient (Wildman–Crippen LogP) is -3.83. The monoisotopic (exact) mass is 1020 g/mol. The summed E-state index contributed by atoms with van der Waals surface area (Å²) in [5.41, 5.74) is 24.0. The topological polar surface area (TPSA) is 406 Å². The molecule has 0 aromatic heterocycles. The highest BCUT2D eigenvalue weighted by Crippen LogP contribution is 2.12. The van der Waals surface area contributed by atoms with E-state index in [0.717, 1.165) is 25.7 Å². The molecule has 9 atom stereocenters. The molecule has 72 heavy (non-hydrogen) atoms. The molecule has 1 fully saturated rings. The first-order valence-electron chi connectivity index (χ1n) is 25.2. The van der Waals surface area contributed by atoms with E-state index < -0.39 is 114 Å². The Bertz CT molecular complexity index is 1880. The number of benzene rings is 1. The zero-order chi connectivity index (χ0) is 53.6. The Kier molecular flexibility index (Phi) is 29.9. The average molecular weight is 1020 g/mol. The molecule has 24 heteroatoms. The van der Waals surface area contributed by atoms with Gasteiger partial charge in [-0.25, -0.2) is 0 Å². The van der Waals surface area contributed by atoms with Crippen molar-refractivity contribution < 1.29 is 53.4 Å². The van der Waals surface area contributed by atoms with Crippen molar-refractivity contribution in [2.24, 2.45) is 28.9 Å². The molecule has 9 amide bonds. The van der Waals surface area contributed by atoms with E-state index in [9.17, 15) is 53.4 Å². The standard InChI is InChI=1S/C48H83N13O11/c1-4-5-6-7-11-14-31(63)27-40(64)54-32(15-20-49)42(66)58-36-19-24-53-41(65)39(28-62)61-45(69)35(18-23-52)55-43(67)33(16-21-50)57-47(71)37(25-29(2)3)59-48(72)38(26-30-12-9-8-10-13-30)60-44(68)34(17-22-51)56-46(36)70/h8-10,12-13,29,31-39,62-63H,4-7,11,14-28,49-52H2,1-3H3,(H,53,65)(H,54,64)(H,55,67)(H,56,70)(H,57,71)(H,58,66)(H,59,72)(H,60,68)(H,61,69)/t31-,32-,33+,34+,35+,36+,37+,38-,39+/m1/s1. The van der Waals surface area contributed by atoms with Crippen LogP contribution in [-0.2, 0) is 49.6 Å². The molecule has 0 saturated carbocycles.